The lowest BCUT2D eigenvalue weighted by Crippen LogP contribution is -2.05. The zero-order valence-corrected chi connectivity index (χ0v) is 9.05. The zero-order valence-electron chi connectivity index (χ0n) is 8.24. The van der Waals surface area contributed by atoms with E-state index in [9.17, 15) is 0 Å². The number of nitrogens with zero attached hydrogens (tertiary/aromatic N) is 5. The van der Waals surface area contributed by atoms with E-state index in [4.69, 9.17) is 0 Å². The molecular weight excluding hydrogens is 224 g/mol. The van der Waals surface area contributed by atoms with E-state index in [1.165, 1.54) is 5.56 Å². The van der Waals surface area contributed by atoms with Crippen LogP contribution in [-0.4, -0.2) is 25.0 Å². The SMILES string of the molecule is c1cc(CNc2cncc3nnnn23)cs1. The molecule has 3 aromatic heterocycles. The maximum atomic E-state index is 4.06. The number of fused-ring (bicyclic) bond motifs is 1. The summed E-state index contributed by atoms with van der Waals surface area (Å²) in [6.45, 7) is 0.740. The summed E-state index contributed by atoms with van der Waals surface area (Å²) in [5, 5.41) is 18.7. The number of anilines is 1. The van der Waals surface area contributed by atoms with Gasteiger partial charge < -0.3 is 5.32 Å². The third-order valence-corrected chi connectivity index (χ3v) is 2.89. The number of hydrogen-bond donors (Lipinski definition) is 1. The van der Waals surface area contributed by atoms with Crippen molar-refractivity contribution in [3.8, 4) is 0 Å². The number of nitrogens with one attached hydrogen (secondary N) is 1. The summed E-state index contributed by atoms with van der Waals surface area (Å²) >= 11 is 1.68. The maximum Gasteiger partial charge on any atom is 0.199 e. The Hall–Kier alpha value is -2.02. The molecule has 0 amide bonds. The Labute approximate surface area is 94.9 Å². The maximum absolute atomic E-state index is 4.06. The summed E-state index contributed by atoms with van der Waals surface area (Å²) < 4.78 is 1.62. The highest BCUT2D eigenvalue weighted by atomic mass is 32.1. The fourth-order valence-electron chi connectivity index (χ4n) is 1.38. The fraction of sp³-hybridized carbons (Fsp3) is 0.111. The Bertz CT molecular complexity index is 587. The van der Waals surface area contributed by atoms with Crippen LogP contribution in [0.1, 0.15) is 5.56 Å². The third kappa shape index (κ3) is 1.61. The van der Waals surface area contributed by atoms with E-state index in [1.54, 1.807) is 28.2 Å². The van der Waals surface area contributed by atoms with Crippen molar-refractivity contribution in [2.24, 2.45) is 0 Å². The Balaban J connectivity index is 1.86. The van der Waals surface area contributed by atoms with E-state index in [0.29, 0.717) is 5.65 Å². The molecule has 6 nitrogen and oxygen atoms in total. The zero-order chi connectivity index (χ0) is 10.8. The van der Waals surface area contributed by atoms with Gasteiger partial charge in [0.2, 0.25) is 0 Å². The number of hydrogen-bond acceptors (Lipinski definition) is 6. The van der Waals surface area contributed by atoms with Crippen LogP contribution in [0.15, 0.2) is 29.2 Å². The second-order valence-electron chi connectivity index (χ2n) is 3.23. The minimum Gasteiger partial charge on any atom is -0.365 e. The van der Waals surface area contributed by atoms with Crippen LogP contribution in [0.25, 0.3) is 5.65 Å². The van der Waals surface area contributed by atoms with Crippen molar-refractivity contribution < 1.29 is 0 Å². The number of tetrazole rings is 1. The molecule has 0 aliphatic rings. The summed E-state index contributed by atoms with van der Waals surface area (Å²) in [7, 11) is 0. The molecule has 0 fully saturated rings. The molecule has 0 aromatic carbocycles. The van der Waals surface area contributed by atoms with Crippen LogP contribution in [-0.2, 0) is 6.54 Å². The van der Waals surface area contributed by atoms with Gasteiger partial charge in [-0.2, -0.15) is 15.9 Å². The average molecular weight is 232 g/mol. The Morgan fingerprint density at radius 3 is 3.25 bits per heavy atom. The molecule has 0 unspecified atom stereocenters. The van der Waals surface area contributed by atoms with Gasteiger partial charge in [-0.15, -0.1) is 5.10 Å². The molecule has 0 radical (unpaired) electrons. The van der Waals surface area contributed by atoms with Gasteiger partial charge in [0.15, 0.2) is 11.5 Å². The fourth-order valence-corrected chi connectivity index (χ4v) is 2.05. The quantitative estimate of drug-likeness (QED) is 0.734. The van der Waals surface area contributed by atoms with Gasteiger partial charge in [0.05, 0.1) is 12.4 Å². The van der Waals surface area contributed by atoms with Crippen LogP contribution < -0.4 is 5.32 Å². The first-order chi connectivity index (χ1) is 7.93. The second-order valence-corrected chi connectivity index (χ2v) is 4.01. The van der Waals surface area contributed by atoms with Crippen LogP contribution in [0.4, 0.5) is 5.82 Å². The standard InChI is InChI=1S/C9H8N6S/c1-2-16-6-7(1)3-11-8-4-10-5-9-12-13-14-15(8)9/h1-2,4-6,11H,3H2. The number of rotatable bonds is 3. The Morgan fingerprint density at radius 2 is 2.38 bits per heavy atom. The van der Waals surface area contributed by atoms with Gasteiger partial charge in [-0.05, 0) is 32.8 Å². The highest BCUT2D eigenvalue weighted by Crippen LogP contribution is 2.10. The van der Waals surface area contributed by atoms with E-state index >= 15 is 0 Å². The molecule has 1 N–H and O–H groups in total. The van der Waals surface area contributed by atoms with Crippen molar-refractivity contribution in [2.45, 2.75) is 6.54 Å². The van der Waals surface area contributed by atoms with E-state index in [0.717, 1.165) is 12.4 Å². The van der Waals surface area contributed by atoms with Crippen LogP contribution in [0.2, 0.25) is 0 Å². The molecule has 0 aliphatic heterocycles. The lowest BCUT2D eigenvalue weighted by atomic mass is 10.3. The van der Waals surface area contributed by atoms with E-state index < -0.39 is 0 Å². The first-order valence-electron chi connectivity index (χ1n) is 4.70. The number of thiophene rings is 1. The minimum atomic E-state index is 0.635. The van der Waals surface area contributed by atoms with Gasteiger partial charge in [-0.1, -0.05) is 0 Å². The highest BCUT2D eigenvalue weighted by molar-refractivity contribution is 7.07. The third-order valence-electron chi connectivity index (χ3n) is 2.16. The van der Waals surface area contributed by atoms with Gasteiger partial charge in [-0.25, -0.2) is 0 Å². The van der Waals surface area contributed by atoms with Crippen molar-refractivity contribution in [3.63, 3.8) is 0 Å². The lowest BCUT2D eigenvalue weighted by Gasteiger charge is -2.04. The normalized spacial score (nSPS) is 10.8. The molecular formula is C9H8N6S. The summed E-state index contributed by atoms with van der Waals surface area (Å²) in [5.41, 5.74) is 1.87. The molecule has 7 heteroatoms. The summed E-state index contributed by atoms with van der Waals surface area (Å²) in [5.74, 6) is 0.786. The van der Waals surface area contributed by atoms with Crippen LogP contribution in [0.5, 0.6) is 0 Å². The Morgan fingerprint density at radius 1 is 1.38 bits per heavy atom. The molecule has 0 aliphatic carbocycles. The topological polar surface area (TPSA) is 68.0 Å². The van der Waals surface area contributed by atoms with Gasteiger partial charge in [0, 0.05) is 6.54 Å². The predicted molar refractivity (Wildman–Crippen MR) is 60.2 cm³/mol. The molecule has 0 saturated heterocycles. The molecule has 0 spiro atoms. The molecule has 3 rings (SSSR count). The molecule has 3 aromatic rings. The van der Waals surface area contributed by atoms with Crippen molar-refractivity contribution in [1.29, 1.82) is 0 Å². The van der Waals surface area contributed by atoms with Crippen molar-refractivity contribution >= 4 is 22.8 Å². The minimum absolute atomic E-state index is 0.635. The monoisotopic (exact) mass is 232 g/mol. The van der Waals surface area contributed by atoms with Crippen LogP contribution in [0.3, 0.4) is 0 Å². The largest absolute Gasteiger partial charge is 0.365 e. The molecule has 0 atom stereocenters. The van der Waals surface area contributed by atoms with Crippen LogP contribution >= 0.6 is 11.3 Å². The smallest absolute Gasteiger partial charge is 0.199 e. The summed E-state index contributed by atoms with van der Waals surface area (Å²) in [6.07, 6.45) is 3.32. The lowest BCUT2D eigenvalue weighted by molar-refractivity contribution is 0.819. The van der Waals surface area contributed by atoms with Gasteiger partial charge >= 0.3 is 0 Å². The van der Waals surface area contributed by atoms with E-state index in [1.807, 2.05) is 5.38 Å². The first kappa shape index (κ1) is 9.22. The summed E-state index contributed by atoms with van der Waals surface area (Å²) in [4.78, 5) is 4.06. The Kier molecular flexibility index (Phi) is 2.22. The predicted octanol–water partition coefficient (Wildman–Crippen LogP) is 1.19. The molecule has 16 heavy (non-hydrogen) atoms. The summed E-state index contributed by atoms with van der Waals surface area (Å²) in [6, 6.07) is 2.07. The van der Waals surface area contributed by atoms with Crippen LogP contribution in [0, 0.1) is 0 Å². The molecule has 0 bridgehead atoms. The van der Waals surface area contributed by atoms with Gasteiger partial charge in [-0.3, -0.25) is 4.98 Å². The van der Waals surface area contributed by atoms with E-state index in [-0.39, 0.29) is 0 Å². The molecule has 80 valence electrons. The molecule has 3 heterocycles. The van der Waals surface area contributed by atoms with Crippen molar-refractivity contribution in [1.82, 2.24) is 25.0 Å². The van der Waals surface area contributed by atoms with Crippen molar-refractivity contribution in [3.05, 3.63) is 34.8 Å². The van der Waals surface area contributed by atoms with Crippen molar-refractivity contribution in [2.75, 3.05) is 5.32 Å². The molecule has 0 saturated carbocycles. The average Bonchev–Trinajstić information content (AvgIpc) is 2.97. The number of aromatic nitrogens is 5. The van der Waals surface area contributed by atoms with Gasteiger partial charge in [0.25, 0.3) is 0 Å². The highest BCUT2D eigenvalue weighted by Gasteiger charge is 2.03. The van der Waals surface area contributed by atoms with Gasteiger partial charge in [0.1, 0.15) is 0 Å². The van der Waals surface area contributed by atoms with E-state index in [2.05, 4.69) is 37.3 Å². The second kappa shape index (κ2) is 3.86. The first-order valence-corrected chi connectivity index (χ1v) is 5.65.